The van der Waals surface area contributed by atoms with Crippen molar-refractivity contribution in [2.24, 2.45) is 7.05 Å². The highest BCUT2D eigenvalue weighted by Gasteiger charge is 2.27. The van der Waals surface area contributed by atoms with Gasteiger partial charge in [-0.3, -0.25) is 9.58 Å². The number of fused-ring (bicyclic) bond motifs is 1. The van der Waals surface area contributed by atoms with Crippen molar-refractivity contribution in [3.8, 4) is 11.3 Å². The number of hydrogen-bond acceptors (Lipinski definition) is 6. The molecule has 2 aliphatic heterocycles. The average molecular weight is 376 g/mol. The van der Waals surface area contributed by atoms with Crippen LogP contribution in [0.25, 0.3) is 11.3 Å². The van der Waals surface area contributed by atoms with E-state index < -0.39 is 0 Å². The van der Waals surface area contributed by atoms with E-state index in [1.807, 2.05) is 19.3 Å². The van der Waals surface area contributed by atoms with E-state index >= 15 is 0 Å². The molecule has 1 fully saturated rings. The van der Waals surface area contributed by atoms with Crippen LogP contribution in [-0.4, -0.2) is 57.0 Å². The van der Waals surface area contributed by atoms with Gasteiger partial charge in [0.2, 0.25) is 5.95 Å². The molecule has 0 amide bonds. The summed E-state index contributed by atoms with van der Waals surface area (Å²) in [5.74, 6) is 0.580. The van der Waals surface area contributed by atoms with Gasteiger partial charge in [0, 0.05) is 38.1 Å². The Morgan fingerprint density at radius 1 is 1.11 bits per heavy atom. The monoisotopic (exact) mass is 376 g/mol. The number of nitrogens with zero attached hydrogens (tertiary/aromatic N) is 5. The summed E-state index contributed by atoms with van der Waals surface area (Å²) < 4.78 is 7.12. The van der Waals surface area contributed by atoms with Crippen molar-refractivity contribution in [1.82, 2.24) is 24.6 Å². The molecule has 5 rings (SSSR count). The maximum atomic E-state index is 5.37. The summed E-state index contributed by atoms with van der Waals surface area (Å²) in [6, 6.07) is 9.31. The van der Waals surface area contributed by atoms with Crippen molar-refractivity contribution in [2.75, 3.05) is 31.6 Å². The van der Waals surface area contributed by atoms with Crippen LogP contribution in [0.2, 0.25) is 0 Å². The molecule has 3 aromatic rings. The zero-order valence-corrected chi connectivity index (χ0v) is 16.0. The predicted molar refractivity (Wildman–Crippen MR) is 108 cm³/mol. The molecule has 28 heavy (non-hydrogen) atoms. The van der Waals surface area contributed by atoms with E-state index in [1.165, 1.54) is 11.1 Å². The second-order valence-electron chi connectivity index (χ2n) is 7.50. The van der Waals surface area contributed by atoms with Gasteiger partial charge in [0.05, 0.1) is 36.8 Å². The summed E-state index contributed by atoms with van der Waals surface area (Å²) in [6.45, 7) is 3.99. The van der Waals surface area contributed by atoms with Gasteiger partial charge in [-0.1, -0.05) is 12.1 Å². The number of hydrogen-bond donors (Lipinski definition) is 1. The highest BCUT2D eigenvalue weighted by molar-refractivity contribution is 5.63. The number of anilines is 2. The molecule has 2 aromatic heterocycles. The third-order valence-corrected chi connectivity index (χ3v) is 5.59. The lowest BCUT2D eigenvalue weighted by molar-refractivity contribution is -0.0634. The van der Waals surface area contributed by atoms with Crippen LogP contribution in [-0.2, 0) is 24.6 Å². The topological polar surface area (TPSA) is 68.1 Å². The van der Waals surface area contributed by atoms with Crippen molar-refractivity contribution in [3.63, 3.8) is 0 Å². The fraction of sp³-hybridized carbons (Fsp3) is 0.381. The minimum absolute atomic E-state index is 0.580. The van der Waals surface area contributed by atoms with E-state index in [-0.39, 0.29) is 0 Å². The molecule has 0 aliphatic carbocycles. The Hall–Kier alpha value is -2.77. The van der Waals surface area contributed by atoms with Gasteiger partial charge in [-0.2, -0.15) is 5.10 Å². The first-order valence-corrected chi connectivity index (χ1v) is 9.77. The molecule has 0 radical (unpaired) electrons. The van der Waals surface area contributed by atoms with Crippen molar-refractivity contribution in [1.29, 1.82) is 0 Å². The smallest absolute Gasteiger partial charge is 0.227 e. The molecule has 7 heteroatoms. The van der Waals surface area contributed by atoms with E-state index in [2.05, 4.69) is 38.5 Å². The molecule has 0 bridgehead atoms. The minimum atomic E-state index is 0.580. The molecule has 1 N–H and O–H groups in total. The Bertz CT molecular complexity index is 981. The van der Waals surface area contributed by atoms with Crippen LogP contribution in [0.15, 0.2) is 42.9 Å². The molecule has 0 spiro atoms. The van der Waals surface area contributed by atoms with Gasteiger partial charge in [-0.25, -0.2) is 9.97 Å². The van der Waals surface area contributed by atoms with Crippen LogP contribution in [0.1, 0.15) is 11.1 Å². The summed E-state index contributed by atoms with van der Waals surface area (Å²) >= 11 is 0. The number of aromatic nitrogens is 4. The normalized spacial score (nSPS) is 17.6. The molecule has 0 atom stereocenters. The van der Waals surface area contributed by atoms with Gasteiger partial charge >= 0.3 is 0 Å². The first-order chi connectivity index (χ1) is 13.7. The SMILES string of the molecule is Cn1cc(Nc2nccc(-c3ccc4c(c3)CCN(C3COC3)CC4)n2)cn1. The lowest BCUT2D eigenvalue weighted by atomic mass is 9.99. The van der Waals surface area contributed by atoms with Gasteiger partial charge in [0.15, 0.2) is 0 Å². The molecular formula is C21H24N6O. The summed E-state index contributed by atoms with van der Waals surface area (Å²) in [5.41, 5.74) is 5.82. The highest BCUT2D eigenvalue weighted by Crippen LogP contribution is 2.26. The Kier molecular flexibility index (Phi) is 4.54. The van der Waals surface area contributed by atoms with E-state index in [0.29, 0.717) is 12.0 Å². The zero-order chi connectivity index (χ0) is 18.9. The molecule has 144 valence electrons. The number of rotatable bonds is 4. The van der Waals surface area contributed by atoms with Crippen molar-refractivity contribution in [3.05, 3.63) is 54.0 Å². The summed E-state index contributed by atoms with van der Waals surface area (Å²) in [7, 11) is 1.89. The van der Waals surface area contributed by atoms with Crippen molar-refractivity contribution < 1.29 is 4.74 Å². The van der Waals surface area contributed by atoms with Crippen LogP contribution >= 0.6 is 0 Å². The Morgan fingerprint density at radius 3 is 2.71 bits per heavy atom. The second-order valence-corrected chi connectivity index (χ2v) is 7.50. The van der Waals surface area contributed by atoms with Gasteiger partial charge in [0.1, 0.15) is 0 Å². The zero-order valence-electron chi connectivity index (χ0n) is 16.0. The molecule has 0 saturated carbocycles. The first kappa shape index (κ1) is 17.3. The quantitative estimate of drug-likeness (QED) is 0.754. The van der Waals surface area contributed by atoms with Crippen LogP contribution in [0, 0.1) is 0 Å². The molecule has 1 saturated heterocycles. The predicted octanol–water partition coefficient (Wildman–Crippen LogP) is 2.42. The number of benzene rings is 1. The Labute approximate surface area is 164 Å². The van der Waals surface area contributed by atoms with Crippen LogP contribution < -0.4 is 5.32 Å². The Morgan fingerprint density at radius 2 is 1.96 bits per heavy atom. The van der Waals surface area contributed by atoms with E-state index in [4.69, 9.17) is 9.72 Å². The second kappa shape index (κ2) is 7.33. The lowest BCUT2D eigenvalue weighted by Gasteiger charge is -2.36. The molecule has 2 aliphatic rings. The lowest BCUT2D eigenvalue weighted by Crippen LogP contribution is -2.49. The van der Waals surface area contributed by atoms with Crippen molar-refractivity contribution >= 4 is 11.6 Å². The number of aryl methyl sites for hydroxylation is 1. The molecule has 4 heterocycles. The van der Waals surface area contributed by atoms with Crippen molar-refractivity contribution in [2.45, 2.75) is 18.9 Å². The van der Waals surface area contributed by atoms with E-state index in [9.17, 15) is 0 Å². The van der Waals surface area contributed by atoms with Gasteiger partial charge in [-0.05, 0) is 36.1 Å². The van der Waals surface area contributed by atoms with Gasteiger partial charge in [-0.15, -0.1) is 0 Å². The summed E-state index contributed by atoms with van der Waals surface area (Å²) in [4.78, 5) is 11.6. The summed E-state index contributed by atoms with van der Waals surface area (Å²) in [6.07, 6.45) is 7.63. The fourth-order valence-electron chi connectivity index (χ4n) is 3.90. The van der Waals surface area contributed by atoms with Crippen LogP contribution in [0.3, 0.4) is 0 Å². The molecule has 7 nitrogen and oxygen atoms in total. The summed E-state index contributed by atoms with van der Waals surface area (Å²) in [5, 5.41) is 7.38. The Balaban J connectivity index is 1.36. The molecule has 1 aromatic carbocycles. The number of nitrogens with one attached hydrogen (secondary N) is 1. The largest absolute Gasteiger partial charge is 0.378 e. The maximum Gasteiger partial charge on any atom is 0.227 e. The highest BCUT2D eigenvalue weighted by atomic mass is 16.5. The maximum absolute atomic E-state index is 5.37. The first-order valence-electron chi connectivity index (χ1n) is 9.77. The number of ether oxygens (including phenoxy) is 1. The molecular weight excluding hydrogens is 352 g/mol. The average Bonchev–Trinajstić information content (AvgIpc) is 2.96. The van der Waals surface area contributed by atoms with Gasteiger partial charge < -0.3 is 10.1 Å². The van der Waals surface area contributed by atoms with Gasteiger partial charge in [0.25, 0.3) is 0 Å². The molecule has 0 unspecified atom stereocenters. The standard InChI is InChI=1S/C21H24N6O/c1-26-12-18(11-23-26)24-21-22-7-4-20(25-21)17-3-2-15-5-8-27(19-13-28-14-19)9-6-16(15)10-17/h2-4,7,10-12,19H,5-6,8-9,13-14H2,1H3,(H,22,24,25). The third-order valence-electron chi connectivity index (χ3n) is 5.59. The third kappa shape index (κ3) is 3.50. The fourth-order valence-corrected chi connectivity index (χ4v) is 3.90. The van der Waals surface area contributed by atoms with E-state index in [1.54, 1.807) is 17.1 Å². The van der Waals surface area contributed by atoms with Crippen LogP contribution in [0.5, 0.6) is 0 Å². The van der Waals surface area contributed by atoms with Crippen LogP contribution in [0.4, 0.5) is 11.6 Å². The minimum Gasteiger partial charge on any atom is -0.378 e. The van der Waals surface area contributed by atoms with E-state index in [0.717, 1.165) is 56.1 Å².